The Morgan fingerprint density at radius 1 is 0.500 bits per heavy atom. The van der Waals surface area contributed by atoms with E-state index in [1.54, 1.807) is 12.1 Å². The summed E-state index contributed by atoms with van der Waals surface area (Å²) in [6.45, 7) is 0. The van der Waals surface area contributed by atoms with E-state index in [-0.39, 0.29) is 5.75 Å². The third-order valence-corrected chi connectivity index (χ3v) is 4.09. The summed E-state index contributed by atoms with van der Waals surface area (Å²) >= 11 is 0. The summed E-state index contributed by atoms with van der Waals surface area (Å²) in [5.74, 6) is 0.259. The number of hydrogen-bond donors (Lipinski definition) is 1. The Labute approximate surface area is 141 Å². The van der Waals surface area contributed by atoms with Crippen molar-refractivity contribution in [2.75, 3.05) is 4.90 Å². The highest BCUT2D eigenvalue weighted by molar-refractivity contribution is 5.89. The molecule has 0 saturated carbocycles. The zero-order chi connectivity index (χ0) is 16.4. The lowest BCUT2D eigenvalue weighted by atomic mass is 10.1. The third-order valence-electron chi connectivity index (χ3n) is 4.09. The van der Waals surface area contributed by atoms with E-state index >= 15 is 0 Å². The molecule has 0 spiro atoms. The molecule has 0 heterocycles. The van der Waals surface area contributed by atoms with Crippen molar-refractivity contribution in [1.29, 1.82) is 0 Å². The van der Waals surface area contributed by atoms with Gasteiger partial charge in [0.1, 0.15) is 5.75 Å². The van der Waals surface area contributed by atoms with Gasteiger partial charge in [-0.2, -0.15) is 0 Å². The fourth-order valence-corrected chi connectivity index (χ4v) is 2.97. The minimum atomic E-state index is 0.259. The van der Waals surface area contributed by atoms with Gasteiger partial charge in [-0.3, -0.25) is 0 Å². The van der Waals surface area contributed by atoms with Gasteiger partial charge in [0.05, 0.1) is 0 Å². The first-order chi connectivity index (χ1) is 11.8. The van der Waals surface area contributed by atoms with Crippen LogP contribution in [0.25, 0.3) is 10.8 Å². The first-order valence-electron chi connectivity index (χ1n) is 7.94. The molecule has 0 aliphatic rings. The highest BCUT2D eigenvalue weighted by Gasteiger charge is 2.12. The van der Waals surface area contributed by atoms with Crippen LogP contribution in [-0.4, -0.2) is 5.11 Å². The molecule has 24 heavy (non-hydrogen) atoms. The molecular weight excluding hydrogens is 294 g/mol. The molecule has 0 bridgehead atoms. The van der Waals surface area contributed by atoms with Crippen LogP contribution in [0.2, 0.25) is 0 Å². The summed E-state index contributed by atoms with van der Waals surface area (Å²) < 4.78 is 0. The summed E-state index contributed by atoms with van der Waals surface area (Å²) in [7, 11) is 0. The number of para-hydroxylation sites is 1. The van der Waals surface area contributed by atoms with Crippen molar-refractivity contribution in [3.8, 4) is 5.75 Å². The first-order valence-corrected chi connectivity index (χ1v) is 7.94. The molecule has 4 aromatic rings. The van der Waals surface area contributed by atoms with E-state index in [4.69, 9.17) is 0 Å². The molecule has 4 rings (SSSR count). The molecule has 0 radical (unpaired) electrons. The first kappa shape index (κ1) is 14.3. The van der Waals surface area contributed by atoms with Crippen molar-refractivity contribution < 1.29 is 5.11 Å². The van der Waals surface area contributed by atoms with Crippen molar-refractivity contribution in [2.24, 2.45) is 0 Å². The van der Waals surface area contributed by atoms with Gasteiger partial charge in [-0.25, -0.2) is 0 Å². The maximum atomic E-state index is 9.90. The van der Waals surface area contributed by atoms with Crippen LogP contribution in [0.4, 0.5) is 17.1 Å². The normalized spacial score (nSPS) is 10.7. The van der Waals surface area contributed by atoms with Crippen LogP contribution in [0.3, 0.4) is 0 Å². The molecule has 0 unspecified atom stereocenters. The highest BCUT2D eigenvalue weighted by atomic mass is 16.3. The SMILES string of the molecule is Oc1cccc(N(c2ccccc2)c2ccc3ccccc3c2)c1. The van der Waals surface area contributed by atoms with Gasteiger partial charge in [-0.05, 0) is 47.2 Å². The summed E-state index contributed by atoms with van der Waals surface area (Å²) in [6, 6.07) is 32.2. The van der Waals surface area contributed by atoms with Crippen LogP contribution in [-0.2, 0) is 0 Å². The average Bonchev–Trinajstić information content (AvgIpc) is 2.63. The van der Waals surface area contributed by atoms with Gasteiger partial charge < -0.3 is 10.0 Å². The number of hydrogen-bond acceptors (Lipinski definition) is 2. The second-order valence-electron chi connectivity index (χ2n) is 5.72. The zero-order valence-corrected chi connectivity index (χ0v) is 13.1. The maximum absolute atomic E-state index is 9.90. The Balaban J connectivity index is 1.91. The molecule has 1 N–H and O–H groups in total. The van der Waals surface area contributed by atoms with Crippen molar-refractivity contribution in [3.05, 3.63) is 97.1 Å². The molecule has 0 amide bonds. The van der Waals surface area contributed by atoms with Gasteiger partial charge in [0.15, 0.2) is 0 Å². The minimum Gasteiger partial charge on any atom is -0.508 e. The van der Waals surface area contributed by atoms with Gasteiger partial charge >= 0.3 is 0 Å². The van der Waals surface area contributed by atoms with Gasteiger partial charge in [0.2, 0.25) is 0 Å². The van der Waals surface area contributed by atoms with Gasteiger partial charge in [-0.1, -0.05) is 54.6 Å². The van der Waals surface area contributed by atoms with Crippen molar-refractivity contribution in [3.63, 3.8) is 0 Å². The van der Waals surface area contributed by atoms with Gasteiger partial charge in [-0.15, -0.1) is 0 Å². The van der Waals surface area contributed by atoms with E-state index in [9.17, 15) is 5.11 Å². The summed E-state index contributed by atoms with van der Waals surface area (Å²) in [5, 5.41) is 12.3. The number of phenolic OH excluding ortho intramolecular Hbond substituents is 1. The quantitative estimate of drug-likeness (QED) is 0.500. The van der Waals surface area contributed by atoms with E-state index in [0.29, 0.717) is 0 Å². The lowest BCUT2D eigenvalue weighted by Gasteiger charge is -2.25. The lowest BCUT2D eigenvalue weighted by Crippen LogP contribution is -2.09. The Morgan fingerprint density at radius 3 is 1.96 bits per heavy atom. The third kappa shape index (κ3) is 2.70. The number of benzene rings is 4. The second-order valence-corrected chi connectivity index (χ2v) is 5.72. The van der Waals surface area contributed by atoms with Crippen LogP contribution in [0, 0.1) is 0 Å². The Kier molecular flexibility index (Phi) is 3.64. The van der Waals surface area contributed by atoms with Crippen LogP contribution in [0.15, 0.2) is 97.1 Å². The lowest BCUT2D eigenvalue weighted by molar-refractivity contribution is 0.475. The minimum absolute atomic E-state index is 0.259. The number of fused-ring (bicyclic) bond motifs is 1. The summed E-state index contributed by atoms with van der Waals surface area (Å²) in [5.41, 5.74) is 3.04. The standard InChI is InChI=1S/C22H17NO/c24-22-12-6-11-20(16-22)23(19-9-2-1-3-10-19)21-14-13-17-7-4-5-8-18(17)15-21/h1-16,24H. The molecule has 0 fully saturated rings. The fraction of sp³-hybridized carbons (Fsp3) is 0. The molecule has 116 valence electrons. The predicted octanol–water partition coefficient (Wildman–Crippen LogP) is 6.02. The van der Waals surface area contributed by atoms with E-state index in [1.807, 2.05) is 42.5 Å². The smallest absolute Gasteiger partial charge is 0.117 e. The van der Waals surface area contributed by atoms with Crippen LogP contribution in [0.5, 0.6) is 5.75 Å². The van der Waals surface area contributed by atoms with Gasteiger partial charge in [0.25, 0.3) is 0 Å². The second kappa shape index (κ2) is 6.09. The van der Waals surface area contributed by atoms with E-state index in [2.05, 4.69) is 47.4 Å². The number of nitrogens with zero attached hydrogens (tertiary/aromatic N) is 1. The van der Waals surface area contributed by atoms with Crippen molar-refractivity contribution in [2.45, 2.75) is 0 Å². The highest BCUT2D eigenvalue weighted by Crippen LogP contribution is 2.36. The number of phenols is 1. The predicted molar refractivity (Wildman–Crippen MR) is 100 cm³/mol. The molecular formula is C22H17NO. The topological polar surface area (TPSA) is 23.5 Å². The van der Waals surface area contributed by atoms with Crippen LogP contribution < -0.4 is 4.90 Å². The summed E-state index contributed by atoms with van der Waals surface area (Å²) in [6.07, 6.45) is 0. The molecule has 2 heteroatoms. The monoisotopic (exact) mass is 311 g/mol. The number of rotatable bonds is 3. The molecule has 4 aromatic carbocycles. The molecule has 0 aliphatic heterocycles. The maximum Gasteiger partial charge on any atom is 0.117 e. The molecule has 0 saturated heterocycles. The van der Waals surface area contributed by atoms with E-state index in [1.165, 1.54) is 10.8 Å². The van der Waals surface area contributed by atoms with Crippen LogP contribution >= 0.6 is 0 Å². The van der Waals surface area contributed by atoms with E-state index < -0.39 is 0 Å². The Bertz CT molecular complexity index is 979. The summed E-state index contributed by atoms with van der Waals surface area (Å²) in [4.78, 5) is 2.14. The molecule has 0 aromatic heterocycles. The average molecular weight is 311 g/mol. The number of anilines is 3. The van der Waals surface area contributed by atoms with Crippen molar-refractivity contribution >= 4 is 27.8 Å². The molecule has 2 nitrogen and oxygen atoms in total. The van der Waals surface area contributed by atoms with Gasteiger partial charge in [0, 0.05) is 23.1 Å². The number of aromatic hydroxyl groups is 1. The zero-order valence-electron chi connectivity index (χ0n) is 13.1. The van der Waals surface area contributed by atoms with E-state index in [0.717, 1.165) is 17.1 Å². The Morgan fingerprint density at radius 2 is 1.17 bits per heavy atom. The van der Waals surface area contributed by atoms with Crippen LogP contribution in [0.1, 0.15) is 0 Å². The van der Waals surface area contributed by atoms with Crippen molar-refractivity contribution in [1.82, 2.24) is 0 Å². The molecule has 0 atom stereocenters. The largest absolute Gasteiger partial charge is 0.508 e. The Hall–Kier alpha value is -3.26. The molecule has 0 aliphatic carbocycles. The fourth-order valence-electron chi connectivity index (χ4n) is 2.97.